The van der Waals surface area contributed by atoms with Crippen molar-refractivity contribution in [1.82, 2.24) is 0 Å². The van der Waals surface area contributed by atoms with Gasteiger partial charge in [0.25, 0.3) is 0 Å². The van der Waals surface area contributed by atoms with Gasteiger partial charge < -0.3 is 0 Å². The van der Waals surface area contributed by atoms with Gasteiger partial charge in [0.05, 0.1) is 0 Å². The fourth-order valence-electron chi connectivity index (χ4n) is 2.31. The molecule has 2 unspecified atom stereocenters. The van der Waals surface area contributed by atoms with Crippen LogP contribution < -0.4 is 0 Å². The Kier molecular flexibility index (Phi) is 4.52. The van der Waals surface area contributed by atoms with Crippen LogP contribution in [0.5, 0.6) is 0 Å². The molecule has 0 N–H and O–H groups in total. The molecule has 18 heavy (non-hydrogen) atoms. The number of rotatable bonds is 5. The van der Waals surface area contributed by atoms with E-state index >= 15 is 0 Å². The Morgan fingerprint density at radius 3 is 1.83 bits per heavy atom. The molecule has 0 nitrogen and oxygen atoms in total. The summed E-state index contributed by atoms with van der Waals surface area (Å²) in [4.78, 5) is 0. The normalized spacial score (nSPS) is 14.1. The van der Waals surface area contributed by atoms with E-state index in [0.29, 0.717) is 12.3 Å². The first-order valence-corrected chi connectivity index (χ1v) is 6.55. The molecule has 0 aromatic heterocycles. The lowest BCUT2D eigenvalue weighted by atomic mass is 9.89. The fourth-order valence-corrected chi connectivity index (χ4v) is 2.31. The van der Waals surface area contributed by atoms with Crippen molar-refractivity contribution < 1.29 is 4.39 Å². The van der Waals surface area contributed by atoms with Crippen molar-refractivity contribution in [2.45, 2.75) is 31.9 Å². The second kappa shape index (κ2) is 6.34. The Morgan fingerprint density at radius 1 is 0.833 bits per heavy atom. The number of benzene rings is 2. The van der Waals surface area contributed by atoms with Crippen molar-refractivity contribution in [3.8, 4) is 0 Å². The van der Waals surface area contributed by atoms with E-state index in [-0.39, 0.29) is 0 Å². The molecule has 0 amide bonds. The highest BCUT2D eigenvalue weighted by Gasteiger charge is 2.17. The van der Waals surface area contributed by atoms with Crippen LogP contribution in [0.3, 0.4) is 0 Å². The summed E-state index contributed by atoms with van der Waals surface area (Å²) in [6, 6.07) is 19.7. The van der Waals surface area contributed by atoms with Crippen molar-refractivity contribution in [1.29, 1.82) is 0 Å². The first kappa shape index (κ1) is 12.8. The maximum atomic E-state index is 14.3. The third-order valence-electron chi connectivity index (χ3n) is 3.42. The zero-order chi connectivity index (χ0) is 12.8. The van der Waals surface area contributed by atoms with E-state index in [4.69, 9.17) is 0 Å². The lowest BCUT2D eigenvalue weighted by Crippen LogP contribution is -2.02. The first-order valence-electron chi connectivity index (χ1n) is 6.55. The topological polar surface area (TPSA) is 0 Å². The van der Waals surface area contributed by atoms with Crippen molar-refractivity contribution in [3.63, 3.8) is 0 Å². The lowest BCUT2D eigenvalue weighted by Gasteiger charge is -2.18. The van der Waals surface area contributed by atoms with E-state index in [9.17, 15) is 4.39 Å². The summed E-state index contributed by atoms with van der Waals surface area (Å²) in [5, 5.41) is 0. The van der Waals surface area contributed by atoms with E-state index in [1.165, 1.54) is 5.56 Å². The number of hydrogen-bond acceptors (Lipinski definition) is 0. The van der Waals surface area contributed by atoms with Gasteiger partial charge in [-0.05, 0) is 29.9 Å². The van der Waals surface area contributed by atoms with Gasteiger partial charge in [0.1, 0.15) is 6.17 Å². The van der Waals surface area contributed by atoms with Gasteiger partial charge >= 0.3 is 0 Å². The lowest BCUT2D eigenvalue weighted by molar-refractivity contribution is 0.299. The van der Waals surface area contributed by atoms with Gasteiger partial charge in [-0.25, -0.2) is 4.39 Å². The Labute approximate surface area is 108 Å². The summed E-state index contributed by atoms with van der Waals surface area (Å²) >= 11 is 0. The van der Waals surface area contributed by atoms with Crippen LogP contribution in [-0.4, -0.2) is 0 Å². The highest BCUT2D eigenvalue weighted by molar-refractivity contribution is 5.22. The molecular weight excluding hydrogens is 223 g/mol. The maximum absolute atomic E-state index is 14.3. The van der Waals surface area contributed by atoms with Gasteiger partial charge in [-0.2, -0.15) is 0 Å². The molecule has 0 heterocycles. The molecule has 2 aromatic rings. The number of halogens is 1. The summed E-state index contributed by atoms with van der Waals surface area (Å²) < 4.78 is 14.3. The van der Waals surface area contributed by atoms with E-state index in [1.807, 2.05) is 48.5 Å². The van der Waals surface area contributed by atoms with Gasteiger partial charge in [0.2, 0.25) is 0 Å². The molecule has 0 saturated heterocycles. The third-order valence-corrected chi connectivity index (χ3v) is 3.42. The molecule has 0 aliphatic rings. The fraction of sp³-hybridized carbons (Fsp3) is 0.294. The molecule has 0 saturated carbocycles. The molecule has 0 spiro atoms. The summed E-state index contributed by atoms with van der Waals surface area (Å²) in [5.41, 5.74) is 2.02. The average Bonchev–Trinajstić information content (AvgIpc) is 2.46. The van der Waals surface area contributed by atoms with Crippen molar-refractivity contribution in [2.24, 2.45) is 0 Å². The molecule has 0 aliphatic carbocycles. The van der Waals surface area contributed by atoms with Crippen LogP contribution in [-0.2, 0) is 0 Å². The molecule has 0 radical (unpaired) electrons. The zero-order valence-electron chi connectivity index (χ0n) is 10.7. The minimum absolute atomic E-state index is 0.293. The average molecular weight is 242 g/mol. The molecule has 2 aromatic carbocycles. The Morgan fingerprint density at radius 2 is 1.33 bits per heavy atom. The van der Waals surface area contributed by atoms with Crippen LogP contribution in [0.2, 0.25) is 0 Å². The minimum Gasteiger partial charge on any atom is -0.242 e. The second-order valence-electron chi connectivity index (χ2n) is 4.63. The highest BCUT2D eigenvalue weighted by atomic mass is 19.1. The van der Waals surface area contributed by atoms with Crippen LogP contribution >= 0.6 is 0 Å². The molecule has 2 rings (SSSR count). The monoisotopic (exact) mass is 242 g/mol. The smallest absolute Gasteiger partial charge is 0.126 e. The zero-order valence-corrected chi connectivity index (χ0v) is 10.7. The molecule has 2 atom stereocenters. The van der Waals surface area contributed by atoms with E-state index in [0.717, 1.165) is 12.0 Å². The van der Waals surface area contributed by atoms with Crippen LogP contribution in [0.4, 0.5) is 4.39 Å². The van der Waals surface area contributed by atoms with Crippen molar-refractivity contribution in [3.05, 3.63) is 71.8 Å². The predicted molar refractivity (Wildman–Crippen MR) is 74.4 cm³/mol. The predicted octanol–water partition coefficient (Wildman–Crippen LogP) is 5.28. The van der Waals surface area contributed by atoms with Crippen LogP contribution in [0, 0.1) is 0 Å². The first-order chi connectivity index (χ1) is 8.81. The Balaban J connectivity index is 2.07. The van der Waals surface area contributed by atoms with E-state index in [1.54, 1.807) is 0 Å². The molecule has 0 bridgehead atoms. The van der Waals surface area contributed by atoms with Gasteiger partial charge in [-0.1, -0.05) is 67.6 Å². The highest BCUT2D eigenvalue weighted by Crippen LogP contribution is 2.32. The largest absolute Gasteiger partial charge is 0.242 e. The van der Waals surface area contributed by atoms with E-state index < -0.39 is 6.17 Å². The molecule has 1 heteroatoms. The van der Waals surface area contributed by atoms with Gasteiger partial charge in [-0.3, -0.25) is 0 Å². The van der Waals surface area contributed by atoms with E-state index in [2.05, 4.69) is 19.1 Å². The Bertz CT molecular complexity index is 450. The van der Waals surface area contributed by atoms with Crippen LogP contribution in [0.1, 0.15) is 43.0 Å². The molecule has 94 valence electrons. The van der Waals surface area contributed by atoms with Gasteiger partial charge in [0, 0.05) is 0 Å². The van der Waals surface area contributed by atoms with Crippen molar-refractivity contribution >= 4 is 0 Å². The quantitative estimate of drug-likeness (QED) is 0.669. The molecular formula is C17H19F. The minimum atomic E-state index is -0.878. The molecule has 0 aliphatic heterocycles. The summed E-state index contributed by atoms with van der Waals surface area (Å²) in [5.74, 6) is 0.293. The summed E-state index contributed by atoms with van der Waals surface area (Å²) in [7, 11) is 0. The molecule has 0 fully saturated rings. The second-order valence-corrected chi connectivity index (χ2v) is 4.63. The van der Waals surface area contributed by atoms with Crippen molar-refractivity contribution in [2.75, 3.05) is 0 Å². The van der Waals surface area contributed by atoms with Crippen LogP contribution in [0.25, 0.3) is 0 Å². The van der Waals surface area contributed by atoms with Gasteiger partial charge in [0.15, 0.2) is 0 Å². The summed E-state index contributed by atoms with van der Waals surface area (Å²) in [6.45, 7) is 2.12. The van der Waals surface area contributed by atoms with Gasteiger partial charge in [-0.15, -0.1) is 0 Å². The number of hydrogen-bond donors (Lipinski definition) is 0. The standard InChI is InChI=1S/C17H19F/c1-2-14(15-9-5-3-6-10-15)13-17(18)16-11-7-4-8-12-16/h3-12,14,17H,2,13H2,1H3. The maximum Gasteiger partial charge on any atom is 0.126 e. The SMILES string of the molecule is CCC(CC(F)c1ccccc1)c1ccccc1. The number of alkyl halides is 1. The summed E-state index contributed by atoms with van der Waals surface area (Å²) in [6.07, 6.45) is 0.651. The Hall–Kier alpha value is -1.63. The van der Waals surface area contributed by atoms with Crippen LogP contribution in [0.15, 0.2) is 60.7 Å². The third kappa shape index (κ3) is 3.19.